The van der Waals surface area contributed by atoms with E-state index in [1.54, 1.807) is 36.1 Å². The molecule has 0 atom stereocenters. The first-order chi connectivity index (χ1) is 15.6. The number of amides is 1. The van der Waals surface area contributed by atoms with Crippen molar-refractivity contribution in [1.29, 1.82) is 5.26 Å². The van der Waals surface area contributed by atoms with E-state index < -0.39 is 5.97 Å². The largest absolute Gasteiger partial charge is 0.461 e. The molecule has 0 aliphatic carbocycles. The molecule has 0 N–H and O–H groups in total. The predicted molar refractivity (Wildman–Crippen MR) is 119 cm³/mol. The molecule has 0 bridgehead atoms. The van der Waals surface area contributed by atoms with Crippen molar-refractivity contribution in [1.82, 2.24) is 14.9 Å². The van der Waals surface area contributed by atoms with Gasteiger partial charge in [-0.15, -0.1) is 0 Å². The average molecular weight is 429 g/mol. The van der Waals surface area contributed by atoms with Gasteiger partial charge in [0.2, 0.25) is 0 Å². The quantitative estimate of drug-likeness (QED) is 0.588. The zero-order chi connectivity index (χ0) is 22.5. The fourth-order valence-corrected chi connectivity index (χ4v) is 3.78. The number of esters is 1. The van der Waals surface area contributed by atoms with Gasteiger partial charge in [0.25, 0.3) is 5.91 Å². The highest BCUT2D eigenvalue weighted by atomic mass is 16.5. The number of nitrogens with zero attached hydrogens (tertiary/aromatic N) is 5. The van der Waals surface area contributed by atoms with Gasteiger partial charge in [-0.25, -0.2) is 14.8 Å². The lowest BCUT2D eigenvalue weighted by Gasteiger charge is -2.24. The topological polar surface area (TPSA) is 99.4 Å². The van der Waals surface area contributed by atoms with Crippen LogP contribution < -0.4 is 4.90 Å². The molecule has 2 heterocycles. The van der Waals surface area contributed by atoms with E-state index in [9.17, 15) is 9.59 Å². The van der Waals surface area contributed by atoms with E-state index in [-0.39, 0.29) is 18.2 Å². The minimum absolute atomic E-state index is 0.112. The van der Waals surface area contributed by atoms with Crippen LogP contribution in [0.15, 0.2) is 48.5 Å². The highest BCUT2D eigenvalue weighted by molar-refractivity contribution is 5.96. The number of rotatable bonds is 4. The third kappa shape index (κ3) is 4.37. The van der Waals surface area contributed by atoms with Crippen molar-refractivity contribution in [2.45, 2.75) is 13.3 Å². The molecule has 8 heteroatoms. The maximum Gasteiger partial charge on any atom is 0.360 e. The molecule has 0 spiro atoms. The molecule has 0 radical (unpaired) electrons. The second kappa shape index (κ2) is 9.43. The Morgan fingerprint density at radius 1 is 1.03 bits per heavy atom. The fraction of sp³-hybridized carbons (Fsp3) is 0.292. The molecule has 1 fully saturated rings. The first-order valence-corrected chi connectivity index (χ1v) is 10.6. The summed E-state index contributed by atoms with van der Waals surface area (Å²) >= 11 is 0. The Bertz CT molecular complexity index is 1200. The maximum absolute atomic E-state index is 13.0. The van der Waals surface area contributed by atoms with Crippen molar-refractivity contribution in [2.75, 3.05) is 37.7 Å². The molecule has 2 aromatic carbocycles. The van der Waals surface area contributed by atoms with Gasteiger partial charge in [0.15, 0.2) is 11.5 Å². The van der Waals surface area contributed by atoms with Crippen molar-refractivity contribution < 1.29 is 14.3 Å². The molecule has 1 aliphatic rings. The summed E-state index contributed by atoms with van der Waals surface area (Å²) in [7, 11) is 0. The minimum atomic E-state index is -0.508. The first kappa shape index (κ1) is 21.2. The van der Waals surface area contributed by atoms with Gasteiger partial charge < -0.3 is 14.5 Å². The fourth-order valence-electron chi connectivity index (χ4n) is 3.78. The third-order valence-corrected chi connectivity index (χ3v) is 5.34. The monoisotopic (exact) mass is 429 g/mol. The van der Waals surface area contributed by atoms with Gasteiger partial charge in [0.05, 0.1) is 29.3 Å². The molecule has 1 saturated heterocycles. The van der Waals surface area contributed by atoms with E-state index in [0.717, 1.165) is 0 Å². The lowest BCUT2D eigenvalue weighted by Crippen LogP contribution is -2.36. The van der Waals surface area contributed by atoms with Gasteiger partial charge in [0, 0.05) is 31.7 Å². The van der Waals surface area contributed by atoms with Crippen LogP contribution in [0.2, 0.25) is 0 Å². The number of hydrogen-bond donors (Lipinski definition) is 0. The number of anilines is 1. The summed E-state index contributed by atoms with van der Waals surface area (Å²) in [5.41, 5.74) is 2.46. The van der Waals surface area contributed by atoms with Crippen molar-refractivity contribution in [2.24, 2.45) is 0 Å². The first-order valence-electron chi connectivity index (χ1n) is 10.6. The number of para-hydroxylation sites is 2. The molecule has 1 amide bonds. The Morgan fingerprint density at radius 2 is 1.81 bits per heavy atom. The lowest BCUT2D eigenvalue weighted by atomic mass is 10.1. The average Bonchev–Trinajstić information content (AvgIpc) is 3.09. The van der Waals surface area contributed by atoms with Gasteiger partial charge in [-0.1, -0.05) is 18.2 Å². The second-order valence-electron chi connectivity index (χ2n) is 7.43. The Hall–Kier alpha value is -3.99. The highest BCUT2D eigenvalue weighted by Crippen LogP contribution is 2.23. The normalized spacial score (nSPS) is 14.0. The molecule has 162 valence electrons. The van der Waals surface area contributed by atoms with E-state index in [4.69, 9.17) is 15.0 Å². The van der Waals surface area contributed by atoms with Crippen LogP contribution >= 0.6 is 0 Å². The Kier molecular flexibility index (Phi) is 6.26. The SMILES string of the molecule is CCOC(=O)c1nc2ccccc2nc1N1CCCN(C(=O)c2cccc(C#N)c2)CC1. The molecular weight excluding hydrogens is 406 g/mol. The van der Waals surface area contributed by atoms with Crippen LogP contribution in [-0.4, -0.2) is 59.5 Å². The summed E-state index contributed by atoms with van der Waals surface area (Å²) in [4.78, 5) is 38.6. The van der Waals surface area contributed by atoms with E-state index in [1.807, 2.05) is 29.2 Å². The molecule has 8 nitrogen and oxygen atoms in total. The lowest BCUT2D eigenvalue weighted by molar-refractivity contribution is 0.0520. The van der Waals surface area contributed by atoms with Crippen LogP contribution in [0.3, 0.4) is 0 Å². The van der Waals surface area contributed by atoms with Crippen LogP contribution in [0, 0.1) is 11.3 Å². The van der Waals surface area contributed by atoms with Gasteiger partial charge in [-0.2, -0.15) is 5.26 Å². The molecule has 1 aromatic heterocycles. The minimum Gasteiger partial charge on any atom is -0.461 e. The highest BCUT2D eigenvalue weighted by Gasteiger charge is 2.26. The predicted octanol–water partition coefficient (Wildman–Crippen LogP) is 3.03. The van der Waals surface area contributed by atoms with Gasteiger partial charge in [0.1, 0.15) is 0 Å². The van der Waals surface area contributed by atoms with E-state index in [0.29, 0.717) is 60.6 Å². The number of nitriles is 1. The zero-order valence-corrected chi connectivity index (χ0v) is 17.8. The Balaban J connectivity index is 1.60. The van der Waals surface area contributed by atoms with Crippen LogP contribution in [0.5, 0.6) is 0 Å². The van der Waals surface area contributed by atoms with Crippen LogP contribution in [0.25, 0.3) is 11.0 Å². The molecule has 0 saturated carbocycles. The van der Waals surface area contributed by atoms with E-state index >= 15 is 0 Å². The molecule has 1 aliphatic heterocycles. The van der Waals surface area contributed by atoms with Gasteiger partial charge >= 0.3 is 5.97 Å². The summed E-state index contributed by atoms with van der Waals surface area (Å²) in [6.45, 7) is 4.17. The maximum atomic E-state index is 13.0. The number of carbonyl (C=O) groups is 2. The Labute approximate surface area is 186 Å². The number of ether oxygens (including phenoxy) is 1. The zero-order valence-electron chi connectivity index (χ0n) is 17.8. The van der Waals surface area contributed by atoms with Crippen LogP contribution in [0.4, 0.5) is 5.82 Å². The van der Waals surface area contributed by atoms with Crippen LogP contribution in [-0.2, 0) is 4.74 Å². The summed E-state index contributed by atoms with van der Waals surface area (Å²) in [5.74, 6) is -0.145. The molecule has 4 rings (SSSR count). The van der Waals surface area contributed by atoms with Gasteiger partial charge in [-0.05, 0) is 43.7 Å². The molecule has 3 aromatic rings. The smallest absolute Gasteiger partial charge is 0.360 e. The number of fused-ring (bicyclic) bond motifs is 1. The van der Waals surface area contributed by atoms with Crippen molar-refractivity contribution in [3.8, 4) is 6.07 Å². The summed E-state index contributed by atoms with van der Waals surface area (Å²) in [5, 5.41) is 9.11. The number of hydrogen-bond acceptors (Lipinski definition) is 7. The summed E-state index contributed by atoms with van der Waals surface area (Å²) < 4.78 is 5.22. The van der Waals surface area contributed by atoms with E-state index in [1.165, 1.54) is 0 Å². The molecule has 0 unspecified atom stereocenters. The standard InChI is InChI=1S/C24H23N5O3/c1-2-32-24(31)21-22(27-20-10-4-3-9-19(20)26-21)28-11-6-12-29(14-13-28)23(30)18-8-5-7-17(15-18)16-25/h3-5,7-10,15H,2,6,11-14H2,1H3. The molecule has 32 heavy (non-hydrogen) atoms. The number of aromatic nitrogens is 2. The number of carbonyl (C=O) groups excluding carboxylic acids is 2. The second-order valence-corrected chi connectivity index (χ2v) is 7.43. The van der Waals surface area contributed by atoms with E-state index in [2.05, 4.69) is 11.1 Å². The van der Waals surface area contributed by atoms with Crippen LogP contribution in [0.1, 0.15) is 39.8 Å². The van der Waals surface area contributed by atoms with Crippen molar-refractivity contribution >= 4 is 28.7 Å². The third-order valence-electron chi connectivity index (χ3n) is 5.34. The Morgan fingerprint density at radius 3 is 2.56 bits per heavy atom. The van der Waals surface area contributed by atoms with Crippen molar-refractivity contribution in [3.05, 3.63) is 65.4 Å². The summed E-state index contributed by atoms with van der Waals surface area (Å²) in [6.07, 6.45) is 0.709. The van der Waals surface area contributed by atoms with Crippen molar-refractivity contribution in [3.63, 3.8) is 0 Å². The number of benzene rings is 2. The molecular formula is C24H23N5O3. The van der Waals surface area contributed by atoms with Gasteiger partial charge in [-0.3, -0.25) is 4.79 Å². The summed E-state index contributed by atoms with van der Waals surface area (Å²) in [6, 6.07) is 16.2.